The molecule has 3 N–H and O–H groups in total. The molecule has 0 saturated heterocycles. The molecular weight excluding hydrogens is 530 g/mol. The number of methoxy groups -OCH3 is 1. The molecule has 1 aliphatic rings. The largest absolute Gasteiger partial charge is 0.503 e. The lowest BCUT2D eigenvalue weighted by Crippen LogP contribution is -2.42. The molecule has 1 saturated carbocycles. The lowest BCUT2D eigenvalue weighted by Gasteiger charge is -2.31. The van der Waals surface area contributed by atoms with E-state index >= 15 is 0 Å². The Morgan fingerprint density at radius 3 is 2.35 bits per heavy atom. The van der Waals surface area contributed by atoms with Crippen LogP contribution in [0.4, 0.5) is 10.5 Å². The predicted molar refractivity (Wildman–Crippen MR) is 159 cm³/mol. The maximum absolute atomic E-state index is 13.3. The molecule has 40 heavy (non-hydrogen) atoms. The van der Waals surface area contributed by atoms with Crippen LogP contribution in [0, 0.1) is 5.92 Å². The molecule has 8 nitrogen and oxygen atoms in total. The number of phenols is 1. The van der Waals surface area contributed by atoms with Gasteiger partial charge in [-0.2, -0.15) is 0 Å². The third-order valence-electron chi connectivity index (χ3n) is 7.04. The van der Waals surface area contributed by atoms with Crippen molar-refractivity contribution >= 4 is 40.1 Å². The van der Waals surface area contributed by atoms with Gasteiger partial charge in [0.15, 0.2) is 17.3 Å². The number of Topliss-reactive ketones (excluding diaryl/α,β-unsaturated/α-hetero) is 1. The molecule has 0 spiro atoms. The second kappa shape index (κ2) is 11.9. The van der Waals surface area contributed by atoms with Crippen molar-refractivity contribution in [1.82, 2.24) is 10.3 Å². The maximum Gasteiger partial charge on any atom is 0.407 e. The van der Waals surface area contributed by atoms with Crippen LogP contribution in [0.2, 0.25) is 5.02 Å². The molecule has 9 heteroatoms. The summed E-state index contributed by atoms with van der Waals surface area (Å²) in [5.41, 5.74) is 3.13. The zero-order valence-electron chi connectivity index (χ0n) is 23.9. The first-order valence-electron chi connectivity index (χ1n) is 13.7. The summed E-state index contributed by atoms with van der Waals surface area (Å²) in [5, 5.41) is 17.8. The summed E-state index contributed by atoms with van der Waals surface area (Å²) in [6.07, 6.45) is 4.50. The van der Waals surface area contributed by atoms with Crippen LogP contribution in [-0.4, -0.2) is 46.8 Å². The third kappa shape index (κ3) is 6.78. The highest BCUT2D eigenvalue weighted by Gasteiger charge is 2.27. The number of amides is 1. The smallest absolute Gasteiger partial charge is 0.407 e. The number of carbonyl (C=O) groups is 2. The minimum Gasteiger partial charge on any atom is -0.503 e. The first kappa shape index (κ1) is 29.5. The fraction of sp³-hybridized carbons (Fsp3) is 0.452. The van der Waals surface area contributed by atoms with Crippen LogP contribution in [0.5, 0.6) is 11.5 Å². The molecule has 1 amide bonds. The molecule has 2 aromatic carbocycles. The lowest BCUT2D eigenvalue weighted by molar-refractivity contribution is 0.0492. The van der Waals surface area contributed by atoms with Crippen molar-refractivity contribution in [3.05, 3.63) is 47.1 Å². The highest BCUT2D eigenvalue weighted by atomic mass is 35.5. The van der Waals surface area contributed by atoms with Gasteiger partial charge >= 0.3 is 6.09 Å². The Morgan fingerprint density at radius 1 is 1.05 bits per heavy atom. The molecule has 214 valence electrons. The van der Waals surface area contributed by atoms with E-state index in [0.29, 0.717) is 5.56 Å². The number of nitrogens with one attached hydrogen (secondary N) is 2. The number of pyridine rings is 1. The minimum absolute atomic E-state index is 0.0110. The number of aromatic hydroxyl groups is 1. The van der Waals surface area contributed by atoms with Gasteiger partial charge in [-0.1, -0.05) is 31.5 Å². The number of hydrogen-bond donors (Lipinski definition) is 3. The fourth-order valence-corrected chi connectivity index (χ4v) is 5.19. The standard InChI is InChI=1S/C31H38ClN3O5/c1-17(2)28(36)23-16-33-25-12-7-18(19-14-24(32)29(37)26(15-19)39-6)13-22(25)27(23)34-20-8-10-21(11-9-20)35-30(38)40-31(3,4)5/h7,12-17,20-21,37H,8-11H2,1-6H3,(H,33,34)(H,35,38). The summed E-state index contributed by atoms with van der Waals surface area (Å²) in [6, 6.07) is 9.40. The third-order valence-corrected chi connectivity index (χ3v) is 7.32. The van der Waals surface area contributed by atoms with Crippen LogP contribution in [0.1, 0.15) is 70.7 Å². The van der Waals surface area contributed by atoms with Crippen molar-refractivity contribution in [1.29, 1.82) is 0 Å². The molecule has 1 aliphatic carbocycles. The molecule has 0 unspecified atom stereocenters. The number of fused-ring (bicyclic) bond motifs is 1. The number of hydrogen-bond acceptors (Lipinski definition) is 7. The van der Waals surface area contributed by atoms with Gasteiger partial charge in [-0.15, -0.1) is 0 Å². The van der Waals surface area contributed by atoms with Gasteiger partial charge in [-0.05, 0) is 81.8 Å². The molecule has 1 heterocycles. The summed E-state index contributed by atoms with van der Waals surface area (Å²) in [4.78, 5) is 30.1. The highest BCUT2D eigenvalue weighted by Crippen LogP contribution is 2.40. The molecule has 0 bridgehead atoms. The van der Waals surface area contributed by atoms with Gasteiger partial charge in [-0.25, -0.2) is 4.79 Å². The van der Waals surface area contributed by atoms with E-state index < -0.39 is 11.7 Å². The van der Waals surface area contributed by atoms with Crippen LogP contribution in [0.3, 0.4) is 0 Å². The van der Waals surface area contributed by atoms with Crippen LogP contribution >= 0.6 is 11.6 Å². The number of nitrogens with zero attached hydrogens (tertiary/aromatic N) is 1. The molecule has 3 aromatic rings. The van der Waals surface area contributed by atoms with Crippen molar-refractivity contribution in [2.24, 2.45) is 5.92 Å². The zero-order valence-corrected chi connectivity index (χ0v) is 24.7. The molecule has 0 radical (unpaired) electrons. The van der Waals surface area contributed by atoms with Gasteiger partial charge in [-0.3, -0.25) is 9.78 Å². The number of ketones is 1. The average molecular weight is 568 g/mol. The molecule has 1 aromatic heterocycles. The second-order valence-electron chi connectivity index (χ2n) is 11.6. The number of benzene rings is 2. The van der Waals surface area contributed by atoms with E-state index in [4.69, 9.17) is 21.1 Å². The number of carbonyl (C=O) groups excluding carboxylic acids is 2. The summed E-state index contributed by atoms with van der Waals surface area (Å²) in [6.45, 7) is 9.30. The summed E-state index contributed by atoms with van der Waals surface area (Å²) in [5.74, 6) is -0.0206. The van der Waals surface area contributed by atoms with Gasteiger partial charge in [0.1, 0.15) is 5.60 Å². The van der Waals surface area contributed by atoms with Crippen LogP contribution in [-0.2, 0) is 4.74 Å². The van der Waals surface area contributed by atoms with Crippen LogP contribution in [0.15, 0.2) is 36.5 Å². The van der Waals surface area contributed by atoms with E-state index in [1.807, 2.05) is 52.8 Å². The zero-order chi connectivity index (χ0) is 29.2. The Labute approximate surface area is 240 Å². The Hall–Kier alpha value is -3.52. The quantitative estimate of drug-likeness (QED) is 0.256. The first-order chi connectivity index (χ1) is 18.9. The topological polar surface area (TPSA) is 110 Å². The summed E-state index contributed by atoms with van der Waals surface area (Å²) >= 11 is 6.27. The molecule has 4 rings (SSSR count). The van der Waals surface area contributed by atoms with E-state index in [0.717, 1.165) is 53.4 Å². The Morgan fingerprint density at radius 2 is 1.73 bits per heavy atom. The number of alkyl carbamates (subject to hydrolysis) is 1. The average Bonchev–Trinajstić information content (AvgIpc) is 2.89. The lowest BCUT2D eigenvalue weighted by atomic mass is 9.90. The Kier molecular flexibility index (Phi) is 8.78. The van der Waals surface area contributed by atoms with Crippen molar-refractivity contribution < 1.29 is 24.2 Å². The molecule has 0 aliphatic heterocycles. The fourth-order valence-electron chi connectivity index (χ4n) is 4.98. The van der Waals surface area contributed by atoms with Gasteiger partial charge in [0, 0.05) is 29.6 Å². The molecule has 1 fully saturated rings. The Balaban J connectivity index is 1.64. The minimum atomic E-state index is -0.542. The van der Waals surface area contributed by atoms with E-state index in [-0.39, 0.29) is 40.3 Å². The Bertz CT molecular complexity index is 1410. The first-order valence-corrected chi connectivity index (χ1v) is 14.0. The predicted octanol–water partition coefficient (Wildman–Crippen LogP) is 7.36. The number of ether oxygens (including phenoxy) is 2. The SMILES string of the molecule is COc1cc(-c2ccc3ncc(C(=O)C(C)C)c(NC4CCC(NC(=O)OC(C)(C)C)CC4)c3c2)cc(Cl)c1O. The normalized spacial score (nSPS) is 17.5. The highest BCUT2D eigenvalue weighted by molar-refractivity contribution is 6.32. The summed E-state index contributed by atoms with van der Waals surface area (Å²) < 4.78 is 10.7. The summed E-state index contributed by atoms with van der Waals surface area (Å²) in [7, 11) is 1.48. The number of anilines is 1. The number of rotatable bonds is 7. The number of halogens is 1. The van der Waals surface area contributed by atoms with E-state index in [1.54, 1.807) is 18.3 Å². The molecule has 0 atom stereocenters. The van der Waals surface area contributed by atoms with Crippen LogP contribution in [0.25, 0.3) is 22.0 Å². The van der Waals surface area contributed by atoms with Gasteiger partial charge < -0.3 is 25.2 Å². The van der Waals surface area contributed by atoms with Gasteiger partial charge in [0.2, 0.25) is 0 Å². The maximum atomic E-state index is 13.3. The number of aromatic nitrogens is 1. The molecular formula is C31H38ClN3O5. The van der Waals surface area contributed by atoms with E-state index in [9.17, 15) is 14.7 Å². The van der Waals surface area contributed by atoms with E-state index in [1.165, 1.54) is 7.11 Å². The van der Waals surface area contributed by atoms with Crippen molar-refractivity contribution in [2.45, 2.75) is 78.0 Å². The van der Waals surface area contributed by atoms with Gasteiger partial charge in [0.25, 0.3) is 0 Å². The second-order valence-corrected chi connectivity index (χ2v) is 12.1. The van der Waals surface area contributed by atoms with Crippen molar-refractivity contribution in [3.8, 4) is 22.6 Å². The number of phenolic OH excluding ortho intramolecular Hbond substituents is 1. The van der Waals surface area contributed by atoms with E-state index in [2.05, 4.69) is 15.6 Å². The van der Waals surface area contributed by atoms with Gasteiger partial charge in [0.05, 0.1) is 28.9 Å². The monoisotopic (exact) mass is 567 g/mol. The van der Waals surface area contributed by atoms with Crippen molar-refractivity contribution in [3.63, 3.8) is 0 Å². The van der Waals surface area contributed by atoms with Crippen molar-refractivity contribution in [2.75, 3.05) is 12.4 Å². The van der Waals surface area contributed by atoms with Crippen LogP contribution < -0.4 is 15.4 Å².